The molecular formula is C12H15FO5S. The zero-order valence-corrected chi connectivity index (χ0v) is 11.9. The first kappa shape index (κ1) is 15.4. The fourth-order valence-corrected chi connectivity index (χ4v) is 2.21. The van der Waals surface area contributed by atoms with E-state index in [4.69, 9.17) is 4.74 Å². The Morgan fingerprint density at radius 1 is 1.32 bits per heavy atom. The standard InChI is InChI=1S/C12H15FO5S/c1-7(2)18-8-5-6-9(19(4,15)16)11(13)10(8)12(14)17-3/h5-7H,1-4H3. The van der Waals surface area contributed by atoms with Gasteiger partial charge in [0.05, 0.1) is 13.2 Å². The van der Waals surface area contributed by atoms with E-state index in [1.807, 2.05) is 0 Å². The van der Waals surface area contributed by atoms with Gasteiger partial charge in [-0.25, -0.2) is 17.6 Å². The first-order valence-corrected chi connectivity index (χ1v) is 7.35. The van der Waals surface area contributed by atoms with E-state index in [1.54, 1.807) is 13.8 Å². The van der Waals surface area contributed by atoms with Crippen molar-refractivity contribution in [2.24, 2.45) is 0 Å². The van der Waals surface area contributed by atoms with Gasteiger partial charge in [0.25, 0.3) is 0 Å². The Morgan fingerprint density at radius 3 is 2.32 bits per heavy atom. The van der Waals surface area contributed by atoms with Gasteiger partial charge in [0, 0.05) is 6.26 Å². The molecule has 0 aromatic heterocycles. The first-order chi connectivity index (χ1) is 8.68. The molecule has 7 heteroatoms. The van der Waals surface area contributed by atoms with Gasteiger partial charge in [-0.2, -0.15) is 0 Å². The summed E-state index contributed by atoms with van der Waals surface area (Å²) in [6.07, 6.45) is 0.557. The van der Waals surface area contributed by atoms with Crippen LogP contribution in [0.4, 0.5) is 4.39 Å². The summed E-state index contributed by atoms with van der Waals surface area (Å²) in [5.74, 6) is -2.20. The van der Waals surface area contributed by atoms with Crippen LogP contribution in [0.1, 0.15) is 24.2 Å². The normalized spacial score (nSPS) is 11.5. The summed E-state index contributed by atoms with van der Waals surface area (Å²) >= 11 is 0. The first-order valence-electron chi connectivity index (χ1n) is 5.46. The monoisotopic (exact) mass is 290 g/mol. The number of methoxy groups -OCH3 is 1. The maximum absolute atomic E-state index is 14.2. The molecule has 0 saturated carbocycles. The average molecular weight is 290 g/mol. The predicted octanol–water partition coefficient (Wildman–Crippen LogP) is 1.80. The lowest BCUT2D eigenvalue weighted by molar-refractivity contribution is 0.0588. The summed E-state index contributed by atoms with van der Waals surface area (Å²) in [4.78, 5) is 11.0. The largest absolute Gasteiger partial charge is 0.490 e. The molecule has 106 valence electrons. The highest BCUT2D eigenvalue weighted by atomic mass is 32.2. The molecule has 0 N–H and O–H groups in total. The topological polar surface area (TPSA) is 69.7 Å². The third-order valence-corrected chi connectivity index (χ3v) is 3.33. The molecule has 1 aromatic carbocycles. The Kier molecular flexibility index (Phi) is 4.52. The number of hydrogen-bond donors (Lipinski definition) is 0. The van der Waals surface area contributed by atoms with E-state index < -0.39 is 32.1 Å². The van der Waals surface area contributed by atoms with Gasteiger partial charge in [-0.1, -0.05) is 0 Å². The van der Waals surface area contributed by atoms with Crippen molar-refractivity contribution >= 4 is 15.8 Å². The molecule has 1 rings (SSSR count). The zero-order chi connectivity index (χ0) is 14.8. The number of carbonyl (C=O) groups excluding carboxylic acids is 1. The minimum atomic E-state index is -3.78. The number of halogens is 1. The van der Waals surface area contributed by atoms with Crippen LogP contribution in [0, 0.1) is 5.82 Å². The fraction of sp³-hybridized carbons (Fsp3) is 0.417. The van der Waals surface area contributed by atoms with E-state index >= 15 is 0 Å². The van der Waals surface area contributed by atoms with E-state index in [2.05, 4.69) is 4.74 Å². The molecular weight excluding hydrogens is 275 g/mol. The molecule has 0 unspecified atom stereocenters. The highest BCUT2D eigenvalue weighted by Crippen LogP contribution is 2.28. The molecule has 0 aliphatic heterocycles. The molecule has 1 aromatic rings. The van der Waals surface area contributed by atoms with Gasteiger partial charge in [-0.05, 0) is 26.0 Å². The lowest BCUT2D eigenvalue weighted by Crippen LogP contribution is -2.15. The third-order valence-electron chi connectivity index (χ3n) is 2.22. The van der Waals surface area contributed by atoms with Crippen molar-refractivity contribution in [1.82, 2.24) is 0 Å². The number of sulfone groups is 1. The number of benzene rings is 1. The van der Waals surface area contributed by atoms with Crippen LogP contribution >= 0.6 is 0 Å². The smallest absolute Gasteiger partial charge is 0.344 e. The van der Waals surface area contributed by atoms with E-state index in [0.717, 1.165) is 19.4 Å². The summed E-state index contributed by atoms with van der Waals surface area (Å²) in [5, 5.41) is 0. The number of carbonyl (C=O) groups is 1. The van der Waals surface area contributed by atoms with Gasteiger partial charge >= 0.3 is 5.97 Å². The number of esters is 1. The van der Waals surface area contributed by atoms with Crippen molar-refractivity contribution in [3.05, 3.63) is 23.5 Å². The highest BCUT2D eigenvalue weighted by molar-refractivity contribution is 7.90. The molecule has 0 aliphatic carbocycles. The Labute approximate surface area is 111 Å². The molecule has 0 amide bonds. The molecule has 0 aliphatic rings. The fourth-order valence-electron chi connectivity index (χ4n) is 1.47. The van der Waals surface area contributed by atoms with Gasteiger partial charge in [-0.3, -0.25) is 0 Å². The molecule has 0 atom stereocenters. The van der Waals surface area contributed by atoms with Crippen molar-refractivity contribution in [3.63, 3.8) is 0 Å². The van der Waals surface area contributed by atoms with Gasteiger partial charge in [0.15, 0.2) is 15.7 Å². The third kappa shape index (κ3) is 3.44. The van der Waals surface area contributed by atoms with Crippen molar-refractivity contribution in [2.75, 3.05) is 13.4 Å². The second-order valence-corrected chi connectivity index (χ2v) is 6.17. The zero-order valence-electron chi connectivity index (χ0n) is 11.1. The summed E-state index contributed by atoms with van der Waals surface area (Å²) in [6, 6.07) is 2.31. The minimum absolute atomic E-state index is 0.0493. The van der Waals surface area contributed by atoms with Crippen molar-refractivity contribution < 1.29 is 27.1 Å². The molecule has 0 bridgehead atoms. The van der Waals surface area contributed by atoms with Crippen LogP contribution in [0.2, 0.25) is 0 Å². The highest BCUT2D eigenvalue weighted by Gasteiger charge is 2.26. The summed E-state index contributed by atoms with van der Waals surface area (Å²) in [7, 11) is -2.70. The molecule has 19 heavy (non-hydrogen) atoms. The molecule has 0 spiro atoms. The second kappa shape index (κ2) is 5.56. The molecule has 0 fully saturated rings. The SMILES string of the molecule is COC(=O)c1c(OC(C)C)ccc(S(C)(=O)=O)c1F. The van der Waals surface area contributed by atoms with Crippen LogP contribution in [0.25, 0.3) is 0 Å². The molecule has 0 radical (unpaired) electrons. The lowest BCUT2D eigenvalue weighted by Gasteiger charge is -2.15. The number of ether oxygens (including phenoxy) is 2. The van der Waals surface area contributed by atoms with Crippen molar-refractivity contribution in [1.29, 1.82) is 0 Å². The van der Waals surface area contributed by atoms with E-state index in [1.165, 1.54) is 6.07 Å². The van der Waals surface area contributed by atoms with Crippen LogP contribution in [-0.4, -0.2) is 33.9 Å². The van der Waals surface area contributed by atoms with Crippen LogP contribution in [0.5, 0.6) is 5.75 Å². The summed E-state index contributed by atoms with van der Waals surface area (Å²) in [6.45, 7) is 3.40. The van der Waals surface area contributed by atoms with Crippen LogP contribution in [-0.2, 0) is 14.6 Å². The average Bonchev–Trinajstić information content (AvgIpc) is 2.25. The maximum Gasteiger partial charge on any atom is 0.344 e. The molecule has 5 nitrogen and oxygen atoms in total. The maximum atomic E-state index is 14.2. The summed E-state index contributed by atoms with van der Waals surface area (Å²) < 4.78 is 46.7. The Bertz CT molecular complexity index is 592. The molecule has 0 saturated heterocycles. The van der Waals surface area contributed by atoms with Gasteiger partial charge in [0.2, 0.25) is 0 Å². The Morgan fingerprint density at radius 2 is 1.89 bits per heavy atom. The quantitative estimate of drug-likeness (QED) is 0.791. The Hall–Kier alpha value is -1.63. The van der Waals surface area contributed by atoms with E-state index in [-0.39, 0.29) is 11.9 Å². The predicted molar refractivity (Wildman–Crippen MR) is 66.6 cm³/mol. The van der Waals surface area contributed by atoms with Crippen LogP contribution in [0.15, 0.2) is 17.0 Å². The lowest BCUT2D eigenvalue weighted by atomic mass is 10.2. The molecule has 0 heterocycles. The summed E-state index contributed by atoms with van der Waals surface area (Å²) in [5.41, 5.74) is -0.515. The van der Waals surface area contributed by atoms with Crippen molar-refractivity contribution in [2.45, 2.75) is 24.8 Å². The van der Waals surface area contributed by atoms with Crippen molar-refractivity contribution in [3.8, 4) is 5.75 Å². The van der Waals surface area contributed by atoms with Gasteiger partial charge in [0.1, 0.15) is 16.2 Å². The van der Waals surface area contributed by atoms with E-state index in [0.29, 0.717) is 0 Å². The number of hydrogen-bond acceptors (Lipinski definition) is 5. The number of rotatable bonds is 4. The van der Waals surface area contributed by atoms with Gasteiger partial charge < -0.3 is 9.47 Å². The van der Waals surface area contributed by atoms with Gasteiger partial charge in [-0.15, -0.1) is 0 Å². The van der Waals surface area contributed by atoms with Crippen LogP contribution < -0.4 is 4.74 Å². The van der Waals surface area contributed by atoms with Crippen LogP contribution in [0.3, 0.4) is 0 Å². The minimum Gasteiger partial charge on any atom is -0.490 e. The van der Waals surface area contributed by atoms with E-state index in [9.17, 15) is 17.6 Å². The Balaban J connectivity index is 3.54. The second-order valence-electron chi connectivity index (χ2n) is 4.18.